The number of nitrogens with zero attached hydrogens (tertiary/aromatic N) is 3. The molecule has 4 rings (SSSR count). The van der Waals surface area contributed by atoms with E-state index in [1.54, 1.807) is 7.05 Å². The molecule has 2 aromatic heterocycles. The van der Waals surface area contributed by atoms with Crippen LogP contribution in [-0.2, 0) is 20.8 Å². The van der Waals surface area contributed by atoms with Crippen molar-refractivity contribution in [2.75, 3.05) is 18.1 Å². The highest BCUT2D eigenvalue weighted by molar-refractivity contribution is 8.00. The predicted molar refractivity (Wildman–Crippen MR) is 107 cm³/mol. The number of aliphatic carboxylic acids is 1. The number of carbonyl (C=O) groups excluding carboxylic acids is 2. The number of carboxylic acids is 1. The lowest BCUT2D eigenvalue weighted by Crippen LogP contribution is -2.70. The van der Waals surface area contributed by atoms with E-state index in [2.05, 4.69) is 20.8 Å². The summed E-state index contributed by atoms with van der Waals surface area (Å²) in [5.41, 5.74) is 0.376. The van der Waals surface area contributed by atoms with Gasteiger partial charge in [-0.15, -0.1) is 33.3 Å². The molecule has 4 heterocycles. The standard InChI is InChI=1S/C16H15N5O4S3/c1-17-16-20-19-12(28-16)8-6-27-14-10(13(23)21(14)11(8)15(24)25)18-9(22)5-7-3-2-4-26-7/h2-4,10,14H,5-6H2,1H3,(H,17,20)(H,18,22)(H,24,25)/t10-,14+/m1/s1. The summed E-state index contributed by atoms with van der Waals surface area (Å²) < 4.78 is 0. The number of amides is 2. The average molecular weight is 438 g/mol. The lowest BCUT2D eigenvalue weighted by Gasteiger charge is -2.49. The number of aromatic nitrogens is 2. The Bertz CT molecular complexity index is 971. The molecule has 12 heteroatoms. The highest BCUT2D eigenvalue weighted by Gasteiger charge is 2.54. The predicted octanol–water partition coefficient (Wildman–Crippen LogP) is 1.08. The topological polar surface area (TPSA) is 125 Å². The van der Waals surface area contributed by atoms with Crippen LogP contribution in [0.5, 0.6) is 0 Å². The number of rotatable bonds is 6. The Hall–Kier alpha value is -2.44. The molecule has 9 nitrogen and oxygen atoms in total. The van der Waals surface area contributed by atoms with Crippen molar-refractivity contribution >= 4 is 62.9 Å². The van der Waals surface area contributed by atoms with Crippen molar-refractivity contribution in [3.05, 3.63) is 33.1 Å². The Labute approximate surface area is 171 Å². The fourth-order valence-corrected chi connectivity index (χ4v) is 5.91. The Balaban J connectivity index is 1.53. The van der Waals surface area contributed by atoms with Crippen molar-refractivity contribution < 1.29 is 19.5 Å². The average Bonchev–Trinajstić information content (AvgIpc) is 3.36. The van der Waals surface area contributed by atoms with Gasteiger partial charge in [0.25, 0.3) is 5.91 Å². The second kappa shape index (κ2) is 7.53. The summed E-state index contributed by atoms with van der Waals surface area (Å²) in [6.07, 6.45) is 0.198. The zero-order valence-electron chi connectivity index (χ0n) is 14.5. The van der Waals surface area contributed by atoms with Crippen LogP contribution in [0.1, 0.15) is 9.88 Å². The van der Waals surface area contributed by atoms with Gasteiger partial charge in [-0.1, -0.05) is 17.4 Å². The SMILES string of the molecule is CNc1nnc(C2=C(C(=O)O)N3C(=O)[C@@H](NC(=O)Cc4cccs4)[C@@H]3SC2)s1. The highest BCUT2D eigenvalue weighted by atomic mass is 32.2. The van der Waals surface area contributed by atoms with Crippen molar-refractivity contribution in [2.45, 2.75) is 17.8 Å². The van der Waals surface area contributed by atoms with Crippen molar-refractivity contribution in [1.29, 1.82) is 0 Å². The molecule has 3 N–H and O–H groups in total. The molecule has 0 spiro atoms. The van der Waals surface area contributed by atoms with Crippen LogP contribution in [0.25, 0.3) is 5.57 Å². The Morgan fingerprint density at radius 3 is 2.86 bits per heavy atom. The van der Waals surface area contributed by atoms with Crippen molar-refractivity contribution in [3.8, 4) is 0 Å². The minimum atomic E-state index is -1.20. The van der Waals surface area contributed by atoms with E-state index in [4.69, 9.17) is 0 Å². The molecule has 1 saturated heterocycles. The summed E-state index contributed by atoms with van der Waals surface area (Å²) in [5, 5.41) is 25.7. The second-order valence-corrected chi connectivity index (χ2v) is 9.12. The van der Waals surface area contributed by atoms with Gasteiger partial charge in [-0.25, -0.2) is 4.79 Å². The summed E-state index contributed by atoms with van der Waals surface area (Å²) >= 11 is 4.10. The number of carbonyl (C=O) groups is 3. The number of hydrogen-bond acceptors (Lipinski definition) is 9. The molecule has 0 radical (unpaired) electrons. The molecule has 2 aromatic rings. The normalized spacial score (nSPS) is 21.2. The van der Waals surface area contributed by atoms with Crippen LogP contribution in [0.3, 0.4) is 0 Å². The molecular weight excluding hydrogens is 422 g/mol. The van der Waals surface area contributed by atoms with Gasteiger partial charge in [0.15, 0.2) is 0 Å². The largest absolute Gasteiger partial charge is 0.477 e. The highest BCUT2D eigenvalue weighted by Crippen LogP contribution is 2.44. The van der Waals surface area contributed by atoms with Crippen LogP contribution < -0.4 is 10.6 Å². The third-order valence-corrected chi connectivity index (χ3v) is 7.46. The van der Waals surface area contributed by atoms with Gasteiger partial charge in [-0.05, 0) is 11.4 Å². The van der Waals surface area contributed by atoms with Gasteiger partial charge in [0, 0.05) is 23.3 Å². The Morgan fingerprint density at radius 1 is 1.39 bits per heavy atom. The number of thiophene rings is 1. The molecule has 1 fully saturated rings. The number of fused-ring (bicyclic) bond motifs is 1. The van der Waals surface area contributed by atoms with E-state index in [0.29, 0.717) is 21.5 Å². The van der Waals surface area contributed by atoms with Crippen LogP contribution >= 0.6 is 34.4 Å². The third-order valence-electron chi connectivity index (χ3n) is 4.30. The number of carboxylic acid groups (broad SMARTS) is 1. The number of nitrogens with one attached hydrogen (secondary N) is 2. The van der Waals surface area contributed by atoms with Gasteiger partial charge < -0.3 is 15.7 Å². The molecule has 2 amide bonds. The van der Waals surface area contributed by atoms with Crippen molar-refractivity contribution in [2.24, 2.45) is 0 Å². The van der Waals surface area contributed by atoms with Crippen molar-refractivity contribution in [1.82, 2.24) is 20.4 Å². The Kier molecular flexibility index (Phi) is 5.08. The van der Waals surface area contributed by atoms with Crippen LogP contribution in [0.2, 0.25) is 0 Å². The fourth-order valence-electron chi connectivity index (χ4n) is 3.03. The number of thioether (sulfide) groups is 1. The number of β-lactam (4-membered cyclic amide) rings is 1. The first kappa shape index (κ1) is 18.9. The second-order valence-electron chi connectivity index (χ2n) is 6.01. The van der Waals surface area contributed by atoms with E-state index in [9.17, 15) is 19.5 Å². The first-order valence-corrected chi connectivity index (χ1v) is 11.0. The van der Waals surface area contributed by atoms with Gasteiger partial charge >= 0.3 is 5.97 Å². The van der Waals surface area contributed by atoms with Crippen molar-refractivity contribution in [3.63, 3.8) is 0 Å². The van der Waals surface area contributed by atoms with Gasteiger partial charge in [0.1, 0.15) is 22.1 Å². The molecule has 0 bridgehead atoms. The quantitative estimate of drug-likeness (QED) is 0.574. The van der Waals surface area contributed by atoms with E-state index >= 15 is 0 Å². The van der Waals surface area contributed by atoms with Crippen LogP contribution in [0, 0.1) is 0 Å². The van der Waals surface area contributed by atoms with E-state index in [0.717, 1.165) is 4.88 Å². The zero-order valence-corrected chi connectivity index (χ0v) is 17.0. The van der Waals surface area contributed by atoms with Gasteiger partial charge in [-0.3, -0.25) is 14.5 Å². The molecule has 0 aromatic carbocycles. The molecule has 0 saturated carbocycles. The first-order chi connectivity index (χ1) is 13.5. The summed E-state index contributed by atoms with van der Waals surface area (Å²) in [5.74, 6) is -1.51. The lowest BCUT2D eigenvalue weighted by molar-refractivity contribution is -0.150. The van der Waals surface area contributed by atoms with Gasteiger partial charge in [0.2, 0.25) is 11.0 Å². The van der Waals surface area contributed by atoms with Crippen LogP contribution in [-0.4, -0.2) is 62.2 Å². The fraction of sp³-hybridized carbons (Fsp3) is 0.312. The number of anilines is 1. The third kappa shape index (κ3) is 3.27. The summed E-state index contributed by atoms with van der Waals surface area (Å²) in [6, 6.07) is 2.99. The van der Waals surface area contributed by atoms with E-state index < -0.39 is 23.3 Å². The summed E-state index contributed by atoms with van der Waals surface area (Å²) in [4.78, 5) is 38.9. The van der Waals surface area contributed by atoms with Gasteiger partial charge in [0.05, 0.1) is 6.42 Å². The van der Waals surface area contributed by atoms with E-state index in [1.165, 1.54) is 39.3 Å². The first-order valence-electron chi connectivity index (χ1n) is 8.24. The maximum absolute atomic E-state index is 12.6. The summed E-state index contributed by atoms with van der Waals surface area (Å²) in [7, 11) is 1.70. The molecule has 2 aliphatic heterocycles. The minimum absolute atomic E-state index is 0.0868. The minimum Gasteiger partial charge on any atom is -0.477 e. The molecule has 2 aliphatic rings. The molecule has 2 atom stereocenters. The van der Waals surface area contributed by atoms with Crippen LogP contribution in [0.4, 0.5) is 5.13 Å². The maximum atomic E-state index is 12.6. The zero-order chi connectivity index (χ0) is 19.8. The molecule has 146 valence electrons. The Morgan fingerprint density at radius 2 is 2.21 bits per heavy atom. The van der Waals surface area contributed by atoms with Crippen LogP contribution in [0.15, 0.2) is 23.2 Å². The van der Waals surface area contributed by atoms with E-state index in [-0.39, 0.29) is 18.0 Å². The lowest BCUT2D eigenvalue weighted by atomic mass is 10.0. The maximum Gasteiger partial charge on any atom is 0.353 e. The number of hydrogen-bond donors (Lipinski definition) is 3. The monoisotopic (exact) mass is 437 g/mol. The smallest absolute Gasteiger partial charge is 0.353 e. The van der Waals surface area contributed by atoms with E-state index in [1.807, 2.05) is 17.5 Å². The molecule has 0 unspecified atom stereocenters. The van der Waals surface area contributed by atoms with Gasteiger partial charge in [-0.2, -0.15) is 0 Å². The molecule has 0 aliphatic carbocycles. The summed E-state index contributed by atoms with van der Waals surface area (Å²) in [6.45, 7) is 0. The molecule has 28 heavy (non-hydrogen) atoms. The molecular formula is C16H15N5O4S3.